The van der Waals surface area contributed by atoms with Gasteiger partial charge in [0.05, 0.1) is 11.5 Å². The molecule has 0 amide bonds. The van der Waals surface area contributed by atoms with Crippen LogP contribution in [-0.4, -0.2) is 6.04 Å². The summed E-state index contributed by atoms with van der Waals surface area (Å²) in [5.41, 5.74) is 17.6. The van der Waals surface area contributed by atoms with Gasteiger partial charge in [0.1, 0.15) is 0 Å². The molecule has 10 rings (SSSR count). The maximum Gasteiger partial charge on any atom is 0.0525 e. The Kier molecular flexibility index (Phi) is 7.90. The van der Waals surface area contributed by atoms with Crippen LogP contribution in [0.1, 0.15) is 85.6 Å². The summed E-state index contributed by atoms with van der Waals surface area (Å²) >= 11 is 0. The SMILES string of the molecule is CC1=CC(N(C2=CCCC=C2)c2ccc3c(c2)C2(c4ccccc4-c4ccccc42)C2CC(N(C4=CCCC=C4)c4cccc(C)c4)C=CC32)=CCC1. The molecule has 0 radical (unpaired) electrons. The number of aryl methyl sites for hydroxylation is 1. The number of hydrogen-bond donors (Lipinski definition) is 0. The van der Waals surface area contributed by atoms with E-state index in [2.05, 4.69) is 175 Å². The van der Waals surface area contributed by atoms with Gasteiger partial charge in [-0.25, -0.2) is 0 Å². The highest BCUT2D eigenvalue weighted by Crippen LogP contribution is 2.66. The van der Waals surface area contributed by atoms with Crippen LogP contribution >= 0.6 is 0 Å². The van der Waals surface area contributed by atoms with Gasteiger partial charge in [-0.3, -0.25) is 0 Å². The smallest absolute Gasteiger partial charge is 0.0525 e. The van der Waals surface area contributed by atoms with Crippen molar-refractivity contribution in [1.29, 1.82) is 0 Å². The van der Waals surface area contributed by atoms with Gasteiger partial charge < -0.3 is 9.80 Å². The van der Waals surface area contributed by atoms with Crippen LogP contribution in [0.3, 0.4) is 0 Å². The third-order valence-electron chi connectivity index (χ3n) is 12.7. The van der Waals surface area contributed by atoms with Crippen LogP contribution in [0.2, 0.25) is 0 Å². The van der Waals surface area contributed by atoms with Crippen LogP contribution in [-0.2, 0) is 5.41 Å². The predicted octanol–water partition coefficient (Wildman–Crippen LogP) is 12.8. The van der Waals surface area contributed by atoms with Gasteiger partial charge in [0, 0.05) is 34.4 Å². The minimum atomic E-state index is -0.267. The third-order valence-corrected chi connectivity index (χ3v) is 12.7. The number of nitrogens with zero attached hydrogens (tertiary/aromatic N) is 2. The van der Waals surface area contributed by atoms with Gasteiger partial charge in [-0.05, 0) is 146 Å². The van der Waals surface area contributed by atoms with Crippen LogP contribution in [0, 0.1) is 12.8 Å². The Morgan fingerprint density at radius 3 is 2.02 bits per heavy atom. The van der Waals surface area contributed by atoms with E-state index in [-0.39, 0.29) is 11.5 Å². The monoisotopic (exact) mass is 688 g/mol. The Morgan fingerprint density at radius 2 is 1.32 bits per heavy atom. The molecule has 2 heteroatoms. The van der Waals surface area contributed by atoms with E-state index in [1.807, 2.05) is 0 Å². The zero-order valence-corrected chi connectivity index (χ0v) is 31.0. The van der Waals surface area contributed by atoms with Crippen molar-refractivity contribution < 1.29 is 0 Å². The van der Waals surface area contributed by atoms with Gasteiger partial charge in [-0.1, -0.05) is 115 Å². The molecule has 262 valence electrons. The van der Waals surface area contributed by atoms with Gasteiger partial charge in [0.15, 0.2) is 0 Å². The summed E-state index contributed by atoms with van der Waals surface area (Å²) in [6, 6.07) is 35.5. The van der Waals surface area contributed by atoms with E-state index in [1.54, 1.807) is 0 Å². The van der Waals surface area contributed by atoms with Gasteiger partial charge in [0.2, 0.25) is 0 Å². The maximum absolute atomic E-state index is 2.64. The first-order chi connectivity index (χ1) is 26.1. The van der Waals surface area contributed by atoms with Gasteiger partial charge >= 0.3 is 0 Å². The standard InChI is InChI=1S/C51H48N2/c1-35-15-13-21-39(31-35)52(37-17-5-3-6-18-37)41-27-29-45-46-30-28-42(53(38-19-7-4-8-20-38)40-22-14-16-36(2)32-40)34-50(46)51(49(45)33-41)47-25-11-9-23-43(47)44-24-10-12-26-48(44)51/h5,7,9-13,15,17-32,34,41,45,49H,3-4,6,8,14,16,33H2,1-2H3. The first-order valence-corrected chi connectivity index (χ1v) is 19.9. The first kappa shape index (κ1) is 32.3. The number of allylic oxidation sites excluding steroid dienone is 10. The summed E-state index contributed by atoms with van der Waals surface area (Å²) in [6.45, 7) is 4.50. The summed E-state index contributed by atoms with van der Waals surface area (Å²) in [5, 5.41) is 0. The molecular weight excluding hydrogens is 641 g/mol. The molecule has 6 aliphatic carbocycles. The summed E-state index contributed by atoms with van der Waals surface area (Å²) in [7, 11) is 0. The largest absolute Gasteiger partial charge is 0.335 e. The lowest BCUT2D eigenvalue weighted by Gasteiger charge is -2.44. The Morgan fingerprint density at radius 1 is 0.604 bits per heavy atom. The van der Waals surface area contributed by atoms with Crippen LogP contribution in [0.5, 0.6) is 0 Å². The van der Waals surface area contributed by atoms with E-state index in [4.69, 9.17) is 0 Å². The second-order valence-corrected chi connectivity index (χ2v) is 15.9. The lowest BCUT2D eigenvalue weighted by atomic mass is 9.63. The molecule has 6 aliphatic rings. The van der Waals surface area contributed by atoms with Crippen molar-refractivity contribution in [2.75, 3.05) is 9.80 Å². The fourth-order valence-corrected chi connectivity index (χ4v) is 10.6. The highest BCUT2D eigenvalue weighted by Gasteiger charge is 2.59. The Balaban J connectivity index is 1.18. The Hall–Kier alpha value is -5.34. The number of fused-ring (bicyclic) bond motifs is 10. The minimum Gasteiger partial charge on any atom is -0.335 e. The maximum atomic E-state index is 2.64. The minimum absolute atomic E-state index is 0.229. The zero-order valence-electron chi connectivity index (χ0n) is 31.0. The zero-order chi connectivity index (χ0) is 35.5. The fraction of sp³-hybridized carbons (Fsp3) is 0.255. The molecule has 4 aromatic rings. The molecule has 0 aromatic heterocycles. The van der Waals surface area contributed by atoms with Crippen LogP contribution < -0.4 is 9.80 Å². The number of anilines is 2. The second-order valence-electron chi connectivity index (χ2n) is 15.9. The van der Waals surface area contributed by atoms with E-state index in [0.717, 1.165) is 44.9 Å². The first-order valence-electron chi connectivity index (χ1n) is 19.9. The summed E-state index contributed by atoms with van der Waals surface area (Å²) < 4.78 is 0. The molecule has 1 spiro atoms. The number of hydrogen-bond acceptors (Lipinski definition) is 2. The average Bonchev–Trinajstić information content (AvgIpc) is 3.66. The molecule has 0 aliphatic heterocycles. The number of benzene rings is 4. The van der Waals surface area contributed by atoms with E-state index < -0.39 is 0 Å². The quantitative estimate of drug-likeness (QED) is 0.186. The molecule has 0 heterocycles. The summed E-state index contributed by atoms with van der Waals surface area (Å²) in [6.07, 6.45) is 31.9. The van der Waals surface area contributed by atoms with Crippen LogP contribution in [0.15, 0.2) is 174 Å². The van der Waals surface area contributed by atoms with Crippen LogP contribution in [0.25, 0.3) is 11.1 Å². The van der Waals surface area contributed by atoms with E-state index >= 15 is 0 Å². The van der Waals surface area contributed by atoms with Crippen molar-refractivity contribution in [3.63, 3.8) is 0 Å². The highest BCUT2D eigenvalue weighted by molar-refractivity contribution is 5.86. The molecule has 0 saturated carbocycles. The van der Waals surface area contributed by atoms with Gasteiger partial charge in [-0.2, -0.15) is 0 Å². The molecule has 2 nitrogen and oxygen atoms in total. The van der Waals surface area contributed by atoms with E-state index in [9.17, 15) is 0 Å². The van der Waals surface area contributed by atoms with Gasteiger partial charge in [-0.15, -0.1) is 0 Å². The van der Waals surface area contributed by atoms with Crippen molar-refractivity contribution in [3.05, 3.63) is 202 Å². The number of rotatable bonds is 6. The molecule has 0 bridgehead atoms. The van der Waals surface area contributed by atoms with E-state index in [0.29, 0.717) is 11.8 Å². The van der Waals surface area contributed by atoms with Crippen molar-refractivity contribution in [3.8, 4) is 11.1 Å². The molecule has 0 fully saturated rings. The topological polar surface area (TPSA) is 6.48 Å². The van der Waals surface area contributed by atoms with Crippen molar-refractivity contribution in [2.45, 2.75) is 76.2 Å². The predicted molar refractivity (Wildman–Crippen MR) is 222 cm³/mol. The van der Waals surface area contributed by atoms with Crippen molar-refractivity contribution >= 4 is 11.4 Å². The molecular formula is C51H48N2. The second kappa shape index (κ2) is 13.0. The van der Waals surface area contributed by atoms with Crippen molar-refractivity contribution in [2.24, 2.45) is 5.92 Å². The summed E-state index contributed by atoms with van der Waals surface area (Å²) in [5.74, 6) is 0.675. The molecule has 0 saturated heterocycles. The van der Waals surface area contributed by atoms with Crippen LogP contribution in [0.4, 0.5) is 11.4 Å². The summed E-state index contributed by atoms with van der Waals surface area (Å²) in [4.78, 5) is 5.18. The molecule has 0 N–H and O–H groups in total. The van der Waals surface area contributed by atoms with E-state index in [1.165, 1.54) is 73.0 Å². The molecule has 3 unspecified atom stereocenters. The molecule has 53 heavy (non-hydrogen) atoms. The third kappa shape index (κ3) is 5.13. The Bertz CT molecular complexity index is 2290. The average molecular weight is 689 g/mol. The lowest BCUT2D eigenvalue weighted by molar-refractivity contribution is 0.332. The fourth-order valence-electron chi connectivity index (χ4n) is 10.6. The molecule has 4 aromatic carbocycles. The molecule has 3 atom stereocenters. The lowest BCUT2D eigenvalue weighted by Crippen LogP contribution is -2.42. The highest BCUT2D eigenvalue weighted by atomic mass is 15.2. The normalized spacial score (nSPS) is 22.9. The Labute approximate surface area is 315 Å². The van der Waals surface area contributed by atoms with Gasteiger partial charge in [0.25, 0.3) is 0 Å². The van der Waals surface area contributed by atoms with Crippen molar-refractivity contribution in [1.82, 2.24) is 0 Å².